The van der Waals surface area contributed by atoms with E-state index in [1.54, 1.807) is 0 Å². The molecule has 30 heavy (non-hydrogen) atoms. The first-order chi connectivity index (χ1) is 14.4. The minimum Gasteiger partial charge on any atom is -0.336 e. The van der Waals surface area contributed by atoms with Gasteiger partial charge in [0.2, 0.25) is 11.1 Å². The van der Waals surface area contributed by atoms with E-state index in [0.717, 1.165) is 19.4 Å². The van der Waals surface area contributed by atoms with Crippen LogP contribution in [0.25, 0.3) is 0 Å². The van der Waals surface area contributed by atoms with Gasteiger partial charge in [-0.3, -0.25) is 9.59 Å². The molecule has 0 bridgehead atoms. The van der Waals surface area contributed by atoms with E-state index in [4.69, 9.17) is 28.9 Å². The number of carbonyl (C=O) groups is 2. The van der Waals surface area contributed by atoms with Crippen LogP contribution in [0.5, 0.6) is 0 Å². The third kappa shape index (κ3) is 10.2. The summed E-state index contributed by atoms with van der Waals surface area (Å²) < 4.78 is 0. The summed E-state index contributed by atoms with van der Waals surface area (Å²) >= 11 is 10.2. The Morgan fingerprint density at radius 2 is 1.57 bits per heavy atom. The van der Waals surface area contributed by atoms with Crippen molar-refractivity contribution in [3.8, 4) is 0 Å². The predicted molar refractivity (Wildman–Crippen MR) is 126 cm³/mol. The number of hydrogen-bond donors (Lipinski definition) is 1. The number of halogens is 2. The molecule has 0 radical (unpaired) electrons. The maximum Gasteiger partial charge on any atom is 0.223 e. The normalized spacial score (nSPS) is 14.7. The van der Waals surface area contributed by atoms with Crippen molar-refractivity contribution in [3.63, 3.8) is 0 Å². The highest BCUT2D eigenvalue weighted by molar-refractivity contribution is 6.63. The molecule has 0 unspecified atom stereocenters. The molecule has 1 heterocycles. The zero-order valence-electron chi connectivity index (χ0n) is 17.8. The van der Waals surface area contributed by atoms with Crippen molar-refractivity contribution in [2.45, 2.75) is 51.6 Å². The Hall–Kier alpha value is -1.88. The van der Waals surface area contributed by atoms with Gasteiger partial charge in [-0.15, -0.1) is 11.6 Å². The number of nitrogens with zero attached hydrogens (tertiary/aromatic N) is 1. The molecule has 0 saturated carbocycles. The van der Waals surface area contributed by atoms with Crippen LogP contribution < -0.4 is 5.73 Å². The second-order valence-electron chi connectivity index (χ2n) is 7.12. The molecule has 1 aliphatic heterocycles. The first kappa shape index (κ1) is 26.2. The summed E-state index contributed by atoms with van der Waals surface area (Å²) in [6.07, 6.45) is 2.81. The number of amides is 1. The maximum atomic E-state index is 11.5. The molecule has 2 atom stereocenters. The molecule has 6 heteroatoms. The lowest BCUT2D eigenvalue weighted by molar-refractivity contribution is -0.129. The molecule has 1 aliphatic rings. The van der Waals surface area contributed by atoms with E-state index >= 15 is 0 Å². The van der Waals surface area contributed by atoms with Crippen molar-refractivity contribution in [1.82, 2.24) is 4.90 Å². The zero-order valence-corrected chi connectivity index (χ0v) is 19.3. The fourth-order valence-corrected chi connectivity index (χ4v) is 3.22. The lowest BCUT2D eigenvalue weighted by atomic mass is 10.1. The first-order valence-electron chi connectivity index (χ1n) is 10.3. The fourth-order valence-electron chi connectivity index (χ4n) is 2.95. The summed E-state index contributed by atoms with van der Waals surface area (Å²) in [6, 6.07) is 20.6. The van der Waals surface area contributed by atoms with E-state index in [9.17, 15) is 9.59 Å². The van der Waals surface area contributed by atoms with E-state index < -0.39 is 0 Å². The van der Waals surface area contributed by atoms with E-state index in [0.29, 0.717) is 24.6 Å². The van der Waals surface area contributed by atoms with Crippen LogP contribution >= 0.6 is 23.2 Å². The van der Waals surface area contributed by atoms with Gasteiger partial charge < -0.3 is 10.6 Å². The summed E-state index contributed by atoms with van der Waals surface area (Å²) in [6.45, 7) is 4.99. The number of nitrogens with two attached hydrogens (primary N) is 1. The molecular weight excluding hydrogens is 419 g/mol. The highest BCUT2D eigenvalue weighted by Gasteiger charge is 2.25. The Morgan fingerprint density at radius 3 is 1.90 bits per heavy atom. The summed E-state index contributed by atoms with van der Waals surface area (Å²) in [4.78, 5) is 23.4. The Morgan fingerprint density at radius 1 is 1.03 bits per heavy atom. The zero-order chi connectivity index (χ0) is 22.4. The van der Waals surface area contributed by atoms with E-state index in [-0.39, 0.29) is 17.3 Å². The summed E-state index contributed by atoms with van der Waals surface area (Å²) in [5.41, 5.74) is 8.03. The molecule has 1 fully saturated rings. The predicted octanol–water partition coefficient (Wildman–Crippen LogP) is 5.85. The topological polar surface area (TPSA) is 63.4 Å². The highest BCUT2D eigenvalue weighted by atomic mass is 35.5. The van der Waals surface area contributed by atoms with Gasteiger partial charge in [0.05, 0.1) is 6.04 Å². The molecule has 1 saturated heterocycles. The van der Waals surface area contributed by atoms with Gasteiger partial charge in [0.25, 0.3) is 0 Å². The quantitative estimate of drug-likeness (QED) is 0.443. The van der Waals surface area contributed by atoms with Crippen LogP contribution in [-0.2, 0) is 9.59 Å². The van der Waals surface area contributed by atoms with Crippen LogP contribution in [-0.4, -0.2) is 28.5 Å². The smallest absolute Gasteiger partial charge is 0.223 e. The number of alkyl halides is 1. The van der Waals surface area contributed by atoms with Gasteiger partial charge in [-0.1, -0.05) is 60.7 Å². The van der Waals surface area contributed by atoms with E-state index in [2.05, 4.69) is 19.1 Å². The fraction of sp³-hybridized carbons (Fsp3) is 0.417. The Kier molecular flexibility index (Phi) is 13.1. The number of hydrogen-bond acceptors (Lipinski definition) is 3. The van der Waals surface area contributed by atoms with Crippen molar-refractivity contribution in [2.24, 2.45) is 5.73 Å². The van der Waals surface area contributed by atoms with Crippen molar-refractivity contribution in [3.05, 3.63) is 71.8 Å². The molecule has 4 nitrogen and oxygen atoms in total. The molecule has 2 aromatic rings. The third-order valence-corrected chi connectivity index (χ3v) is 5.15. The van der Waals surface area contributed by atoms with Crippen molar-refractivity contribution in [2.75, 3.05) is 12.4 Å². The standard InChI is InChI=1S/C12H15NO.C8H11N.C4H6Cl2O/c1-10(11-6-3-2-4-7-11)13-9-5-8-12(13)14;1-7(9)8-5-3-2-4-6-8;5-3-1-2-4(6)7/h2-4,6-7,10H,5,8-9H2,1H3;2-7H,9H2,1H3;1-3H2/t10-;7-;/m11./s1. The van der Waals surface area contributed by atoms with Gasteiger partial charge in [0, 0.05) is 31.3 Å². The van der Waals surface area contributed by atoms with Gasteiger partial charge >= 0.3 is 0 Å². The van der Waals surface area contributed by atoms with E-state index in [1.807, 2.05) is 60.4 Å². The number of benzene rings is 2. The molecule has 0 spiro atoms. The minimum atomic E-state index is -0.305. The summed E-state index contributed by atoms with van der Waals surface area (Å²) in [7, 11) is 0. The maximum absolute atomic E-state index is 11.5. The first-order valence-corrected chi connectivity index (χ1v) is 11.2. The summed E-state index contributed by atoms with van der Waals surface area (Å²) in [5.74, 6) is 0.805. The lowest BCUT2D eigenvalue weighted by Gasteiger charge is -2.24. The van der Waals surface area contributed by atoms with Crippen LogP contribution in [0.3, 0.4) is 0 Å². The molecule has 0 aliphatic carbocycles. The highest BCUT2D eigenvalue weighted by Crippen LogP contribution is 2.24. The van der Waals surface area contributed by atoms with Gasteiger partial charge in [-0.05, 0) is 49.4 Å². The van der Waals surface area contributed by atoms with Crippen LogP contribution in [0.15, 0.2) is 60.7 Å². The lowest BCUT2D eigenvalue weighted by Crippen LogP contribution is -2.27. The third-order valence-electron chi connectivity index (χ3n) is 4.69. The molecule has 2 aromatic carbocycles. The van der Waals surface area contributed by atoms with Gasteiger partial charge in [0.1, 0.15) is 0 Å². The Bertz CT molecular complexity index is 739. The van der Waals surface area contributed by atoms with Crippen LogP contribution in [0.1, 0.15) is 62.7 Å². The van der Waals surface area contributed by atoms with E-state index in [1.165, 1.54) is 11.1 Å². The number of carbonyl (C=O) groups excluding carboxylic acids is 2. The van der Waals surface area contributed by atoms with Crippen LogP contribution in [0.2, 0.25) is 0 Å². The van der Waals surface area contributed by atoms with Crippen molar-refractivity contribution in [1.29, 1.82) is 0 Å². The van der Waals surface area contributed by atoms with Crippen LogP contribution in [0.4, 0.5) is 0 Å². The largest absolute Gasteiger partial charge is 0.336 e. The number of likely N-dealkylation sites (tertiary alicyclic amines) is 1. The SMILES string of the molecule is C[C@@H](N)c1ccccc1.C[C@H](c1ccccc1)N1CCCC1=O.O=C(Cl)CCCCl. The molecule has 2 N–H and O–H groups in total. The van der Waals surface area contributed by atoms with Crippen molar-refractivity contribution < 1.29 is 9.59 Å². The van der Waals surface area contributed by atoms with Crippen LogP contribution in [0, 0.1) is 0 Å². The van der Waals surface area contributed by atoms with Gasteiger partial charge in [-0.25, -0.2) is 0 Å². The van der Waals surface area contributed by atoms with Gasteiger partial charge in [0.15, 0.2) is 0 Å². The molecule has 1 amide bonds. The second-order valence-corrected chi connectivity index (χ2v) is 7.92. The summed E-state index contributed by atoms with van der Waals surface area (Å²) in [5, 5.41) is -0.305. The second kappa shape index (κ2) is 15.0. The molecule has 164 valence electrons. The average molecular weight is 451 g/mol. The Labute approximate surface area is 190 Å². The average Bonchev–Trinajstić information content (AvgIpc) is 3.19. The molecule has 0 aromatic heterocycles. The Balaban J connectivity index is 0.000000244. The number of rotatable bonds is 6. The monoisotopic (exact) mass is 450 g/mol. The molecular formula is C24H32Cl2N2O2. The van der Waals surface area contributed by atoms with Crippen molar-refractivity contribution >= 4 is 34.4 Å². The minimum absolute atomic E-state index is 0.159. The molecule has 3 rings (SSSR count). The van der Waals surface area contributed by atoms with Gasteiger partial charge in [-0.2, -0.15) is 0 Å².